The van der Waals surface area contributed by atoms with Crippen molar-refractivity contribution in [3.63, 3.8) is 0 Å². The van der Waals surface area contributed by atoms with E-state index in [2.05, 4.69) is 10.4 Å². The minimum Gasteiger partial charge on any atom is -0.569 e. The van der Waals surface area contributed by atoms with Gasteiger partial charge in [0.15, 0.2) is 5.69 Å². The van der Waals surface area contributed by atoms with Crippen LogP contribution in [0.3, 0.4) is 0 Å². The lowest BCUT2D eigenvalue weighted by atomic mass is 10.1. The van der Waals surface area contributed by atoms with Gasteiger partial charge in [-0.3, -0.25) is 9.59 Å². The number of ether oxygens (including phenoxy) is 1. The van der Waals surface area contributed by atoms with Gasteiger partial charge >= 0.3 is 12.3 Å². The van der Waals surface area contributed by atoms with Crippen LogP contribution >= 0.6 is 0 Å². The summed E-state index contributed by atoms with van der Waals surface area (Å²) in [6.07, 6.45) is -8.19. The van der Waals surface area contributed by atoms with E-state index in [0.717, 1.165) is 38.4 Å². The number of nitrogens with one attached hydrogen (secondary N) is 1. The number of carbonyl (C=O) groups is 3. The van der Waals surface area contributed by atoms with Crippen LogP contribution in [0.15, 0.2) is 89.0 Å². The number of hydrogen-bond acceptors (Lipinski definition) is 10. The number of sulfonamides is 1. The van der Waals surface area contributed by atoms with Crippen molar-refractivity contribution in [2.75, 3.05) is 13.1 Å². The molecule has 3 aromatic carbocycles. The number of aromatic nitrogens is 2. The van der Waals surface area contributed by atoms with Gasteiger partial charge in [0.05, 0.1) is 32.4 Å². The highest BCUT2D eigenvalue weighted by Gasteiger charge is 2.41. The average molecular weight is 714 g/mol. The maximum atomic E-state index is 13.5. The number of aryl methyl sites for hydroxylation is 1. The summed E-state index contributed by atoms with van der Waals surface area (Å²) < 4.78 is 74.1. The third-order valence-electron chi connectivity index (χ3n) is 7.76. The summed E-state index contributed by atoms with van der Waals surface area (Å²) in [5.41, 5.74) is 0.841. The van der Waals surface area contributed by atoms with Crippen LogP contribution in [0.1, 0.15) is 38.9 Å². The Balaban J connectivity index is 1.03. The number of carbonyl (C=O) groups excluding carboxylic acids is 3. The van der Waals surface area contributed by atoms with Crippen LogP contribution in [-0.4, -0.2) is 76.4 Å². The van der Waals surface area contributed by atoms with E-state index in [-0.39, 0.29) is 45.5 Å². The lowest BCUT2D eigenvalue weighted by molar-refractivity contribution is -0.727. The smallest absolute Gasteiger partial charge is 0.435 e. The van der Waals surface area contributed by atoms with Crippen molar-refractivity contribution in [2.45, 2.75) is 37.3 Å². The second-order valence-electron chi connectivity index (χ2n) is 11.3. The predicted molar refractivity (Wildman–Crippen MR) is 164 cm³/mol. The lowest BCUT2D eigenvalue weighted by Crippen LogP contribution is -2.56. The monoisotopic (exact) mass is 713 g/mol. The number of nitrogens with zero attached hydrogens (tertiary/aromatic N) is 6. The highest BCUT2D eigenvalue weighted by Crippen LogP contribution is 2.33. The van der Waals surface area contributed by atoms with Crippen molar-refractivity contribution >= 4 is 27.9 Å². The molecule has 260 valence electrons. The van der Waals surface area contributed by atoms with Crippen molar-refractivity contribution in [3.05, 3.63) is 106 Å². The molecule has 19 heteroatoms. The van der Waals surface area contributed by atoms with Crippen molar-refractivity contribution in [1.82, 2.24) is 24.4 Å². The summed E-state index contributed by atoms with van der Waals surface area (Å²) in [6.45, 7) is 2.80. The molecule has 1 N–H and O–H groups in total. The van der Waals surface area contributed by atoms with Gasteiger partial charge in [-0.25, -0.2) is 27.5 Å². The summed E-state index contributed by atoms with van der Waals surface area (Å²) >= 11 is 0. The highest BCUT2D eigenvalue weighted by molar-refractivity contribution is 7.90. The number of imide groups is 1. The number of benzene rings is 3. The molecule has 0 spiro atoms. The van der Waals surface area contributed by atoms with Crippen molar-refractivity contribution in [1.29, 1.82) is 0 Å². The molecule has 1 fully saturated rings. The first kappa shape index (κ1) is 33.9. The largest absolute Gasteiger partial charge is 0.569 e. The highest BCUT2D eigenvalue weighted by atomic mass is 32.2. The minimum absolute atomic E-state index is 0.0340. The van der Waals surface area contributed by atoms with Gasteiger partial charge < -0.3 is 14.8 Å². The van der Waals surface area contributed by atoms with Gasteiger partial charge in [-0.2, -0.15) is 18.3 Å². The van der Waals surface area contributed by atoms with Crippen LogP contribution in [0.4, 0.5) is 18.0 Å². The van der Waals surface area contributed by atoms with Gasteiger partial charge in [-0.15, -0.1) is 5.01 Å². The van der Waals surface area contributed by atoms with Crippen LogP contribution in [0.2, 0.25) is 0 Å². The fourth-order valence-corrected chi connectivity index (χ4v) is 6.01. The summed E-state index contributed by atoms with van der Waals surface area (Å²) in [4.78, 5) is 43.0. The van der Waals surface area contributed by atoms with E-state index in [1.54, 1.807) is 41.1 Å². The summed E-state index contributed by atoms with van der Waals surface area (Å²) in [5.74, 6) is -1.21. The van der Waals surface area contributed by atoms with E-state index in [0.29, 0.717) is 5.56 Å². The molecule has 0 saturated carbocycles. The topological polar surface area (TPSA) is 179 Å². The van der Waals surface area contributed by atoms with Gasteiger partial charge in [-0.05, 0) is 56.3 Å². The Kier molecular flexibility index (Phi) is 8.68. The zero-order valence-corrected chi connectivity index (χ0v) is 26.9. The van der Waals surface area contributed by atoms with Crippen molar-refractivity contribution in [2.24, 2.45) is 5.28 Å². The first-order valence-corrected chi connectivity index (χ1v) is 16.2. The number of fused-ring (bicyclic) bond motifs is 1. The standard InChI is InChI=1S/C31H26F3N7O8S/c1-18-7-9-20(10-8-18)26-15-27(31(32,33)34)35-40(26)21-11-13-23(14-12-21)50(46,47)36-30(44)48-22-16-38(17-22)41(45)37-49-19(2)39-28(42)24-5-3-4-6-25(24)29(39)43/h3-15,19,22H,16-17H2,1-2H3,(H,36,44)/b41-37+. The molecule has 6 rings (SSSR count). The molecular formula is C31H26F3N7O8S. The molecule has 1 atom stereocenters. The lowest BCUT2D eigenvalue weighted by Gasteiger charge is -2.33. The summed E-state index contributed by atoms with van der Waals surface area (Å²) in [7, 11) is -4.48. The van der Waals surface area contributed by atoms with E-state index in [1.165, 1.54) is 31.2 Å². The van der Waals surface area contributed by atoms with E-state index in [1.807, 2.05) is 6.92 Å². The van der Waals surface area contributed by atoms with Crippen LogP contribution in [0.25, 0.3) is 16.9 Å². The van der Waals surface area contributed by atoms with Gasteiger partial charge in [0.25, 0.3) is 21.8 Å². The van der Waals surface area contributed by atoms with E-state index in [4.69, 9.17) is 9.57 Å². The molecule has 0 bridgehead atoms. The Morgan fingerprint density at radius 1 is 1.02 bits per heavy atom. The molecule has 4 aromatic rings. The fourth-order valence-electron chi connectivity index (χ4n) is 5.13. The van der Waals surface area contributed by atoms with Crippen molar-refractivity contribution in [3.8, 4) is 16.9 Å². The fraction of sp³-hybridized carbons (Fsp3) is 0.226. The molecule has 2 aliphatic heterocycles. The average Bonchev–Trinajstić information content (AvgIpc) is 3.61. The second kappa shape index (κ2) is 12.8. The van der Waals surface area contributed by atoms with Gasteiger partial charge in [0, 0.05) is 5.56 Å². The Morgan fingerprint density at radius 3 is 2.20 bits per heavy atom. The molecule has 0 radical (unpaired) electrons. The molecule has 50 heavy (non-hydrogen) atoms. The zero-order valence-electron chi connectivity index (χ0n) is 26.1. The molecule has 1 aromatic heterocycles. The van der Waals surface area contributed by atoms with Gasteiger partial charge in [-0.1, -0.05) is 42.0 Å². The van der Waals surface area contributed by atoms with Crippen LogP contribution in [0, 0.1) is 12.1 Å². The quantitative estimate of drug-likeness (QED) is 0.113. The SMILES string of the molecule is Cc1ccc(-c2cc(C(F)(F)F)nn2-c2ccc(S(=O)(=O)NC(=O)OC3CN(/[N+]([O-])=N\OC(C)N4C(=O)c5ccccc5C4=O)C3)cc2)cc1. The molecule has 1 unspecified atom stereocenters. The Hall–Kier alpha value is -5.98. The second-order valence-corrected chi connectivity index (χ2v) is 12.9. The number of hydrazine groups is 1. The number of rotatable bonds is 9. The molecule has 0 aliphatic carbocycles. The number of alkyl halides is 3. The molecule has 15 nitrogen and oxygen atoms in total. The minimum atomic E-state index is -4.73. The van der Waals surface area contributed by atoms with Gasteiger partial charge in [0.1, 0.15) is 19.2 Å². The zero-order chi connectivity index (χ0) is 36.0. The first-order chi connectivity index (χ1) is 23.6. The molecule has 2 aliphatic rings. The molecule has 3 amide bonds. The van der Waals surface area contributed by atoms with Gasteiger partial charge in [0.2, 0.25) is 11.5 Å². The summed E-state index contributed by atoms with van der Waals surface area (Å²) in [5, 5.41) is 20.4. The number of amides is 3. The first-order valence-electron chi connectivity index (χ1n) is 14.8. The van der Waals surface area contributed by atoms with E-state index >= 15 is 0 Å². The van der Waals surface area contributed by atoms with Crippen LogP contribution < -0.4 is 4.72 Å². The van der Waals surface area contributed by atoms with Crippen LogP contribution in [0.5, 0.6) is 0 Å². The molecule has 3 heterocycles. The maximum absolute atomic E-state index is 13.5. The third kappa shape index (κ3) is 6.66. The Bertz CT molecular complexity index is 2080. The predicted octanol–water partition coefficient (Wildman–Crippen LogP) is 4.42. The van der Waals surface area contributed by atoms with E-state index < -0.39 is 52.1 Å². The Labute approximate surface area is 281 Å². The summed E-state index contributed by atoms with van der Waals surface area (Å²) in [6, 6.07) is 18.4. The number of halogens is 3. The molecular weight excluding hydrogens is 687 g/mol. The van der Waals surface area contributed by atoms with E-state index in [9.17, 15) is 41.2 Å². The third-order valence-corrected chi connectivity index (χ3v) is 9.09. The number of hydrogen-bond donors (Lipinski definition) is 1. The normalized spacial score (nSPS) is 15.8. The Morgan fingerprint density at radius 2 is 1.62 bits per heavy atom. The van der Waals surface area contributed by atoms with Crippen LogP contribution in [-0.2, 0) is 25.8 Å². The maximum Gasteiger partial charge on any atom is 0.435 e. The van der Waals surface area contributed by atoms with Crippen molar-refractivity contribution < 1.29 is 50.5 Å². The molecule has 1 saturated heterocycles.